The van der Waals surface area contributed by atoms with Crippen molar-refractivity contribution in [3.05, 3.63) is 59.2 Å². The van der Waals surface area contributed by atoms with E-state index in [4.69, 9.17) is 4.74 Å². The minimum atomic E-state index is -0.318. The Morgan fingerprint density at radius 2 is 2.05 bits per heavy atom. The van der Waals surface area contributed by atoms with Crippen LogP contribution in [0.5, 0.6) is 5.75 Å². The molecule has 21 heavy (non-hydrogen) atoms. The minimum Gasteiger partial charge on any atom is -0.496 e. The molecular weight excluding hydrogens is 267 g/mol. The van der Waals surface area contributed by atoms with E-state index >= 15 is 0 Å². The standard InChI is InChI=1S/C17H21FN2O/c1-4-7-20-17(14-9-15(18)11-19-10-14)13-5-6-16(21-3)12(2)8-13/h5-6,8-11,17,20H,4,7H2,1-3H3. The van der Waals surface area contributed by atoms with Crippen LogP contribution in [-0.4, -0.2) is 18.6 Å². The smallest absolute Gasteiger partial charge is 0.141 e. The third-order valence-corrected chi connectivity index (χ3v) is 3.41. The fraction of sp³-hybridized carbons (Fsp3) is 0.353. The average molecular weight is 288 g/mol. The highest BCUT2D eigenvalue weighted by Crippen LogP contribution is 2.27. The fourth-order valence-electron chi connectivity index (χ4n) is 2.38. The van der Waals surface area contributed by atoms with Crippen LogP contribution < -0.4 is 10.1 Å². The molecule has 0 bridgehead atoms. The van der Waals surface area contributed by atoms with Crippen molar-refractivity contribution in [3.63, 3.8) is 0 Å². The van der Waals surface area contributed by atoms with E-state index in [0.717, 1.165) is 35.4 Å². The quantitative estimate of drug-likeness (QED) is 0.881. The molecule has 2 aromatic rings. The van der Waals surface area contributed by atoms with Gasteiger partial charge in [0.1, 0.15) is 11.6 Å². The van der Waals surface area contributed by atoms with Crippen LogP contribution >= 0.6 is 0 Å². The Hall–Kier alpha value is -1.94. The summed E-state index contributed by atoms with van der Waals surface area (Å²) in [5.41, 5.74) is 2.96. The van der Waals surface area contributed by atoms with Gasteiger partial charge in [0.25, 0.3) is 0 Å². The number of rotatable bonds is 6. The Kier molecular flexibility index (Phi) is 5.28. The Bertz CT molecular complexity index is 601. The number of nitrogens with zero attached hydrogens (tertiary/aromatic N) is 1. The lowest BCUT2D eigenvalue weighted by atomic mass is 9.98. The van der Waals surface area contributed by atoms with Crippen LogP contribution in [0.2, 0.25) is 0 Å². The molecule has 0 fully saturated rings. The predicted octanol–water partition coefficient (Wildman–Crippen LogP) is 3.63. The molecule has 3 nitrogen and oxygen atoms in total. The second-order valence-electron chi connectivity index (χ2n) is 5.05. The molecule has 2 rings (SSSR count). The summed E-state index contributed by atoms with van der Waals surface area (Å²) in [4.78, 5) is 3.96. The third kappa shape index (κ3) is 3.79. The van der Waals surface area contributed by atoms with E-state index in [9.17, 15) is 4.39 Å². The zero-order chi connectivity index (χ0) is 15.2. The van der Waals surface area contributed by atoms with Gasteiger partial charge in [0.15, 0.2) is 0 Å². The summed E-state index contributed by atoms with van der Waals surface area (Å²) in [5, 5.41) is 3.45. The molecule has 112 valence electrons. The van der Waals surface area contributed by atoms with Crippen LogP contribution in [0.15, 0.2) is 36.7 Å². The van der Waals surface area contributed by atoms with Gasteiger partial charge in [-0.2, -0.15) is 0 Å². The lowest BCUT2D eigenvalue weighted by Gasteiger charge is -2.20. The Morgan fingerprint density at radius 3 is 2.67 bits per heavy atom. The average Bonchev–Trinajstić information content (AvgIpc) is 2.48. The number of aromatic nitrogens is 1. The van der Waals surface area contributed by atoms with Gasteiger partial charge in [-0.1, -0.05) is 19.1 Å². The van der Waals surface area contributed by atoms with E-state index in [0.29, 0.717) is 0 Å². The lowest BCUT2D eigenvalue weighted by molar-refractivity contribution is 0.411. The Labute approximate surface area is 125 Å². The molecule has 0 spiro atoms. The van der Waals surface area contributed by atoms with E-state index < -0.39 is 0 Å². The third-order valence-electron chi connectivity index (χ3n) is 3.41. The molecule has 0 aliphatic heterocycles. The molecule has 1 aromatic heterocycles. The molecule has 0 amide bonds. The zero-order valence-corrected chi connectivity index (χ0v) is 12.7. The highest BCUT2D eigenvalue weighted by atomic mass is 19.1. The van der Waals surface area contributed by atoms with E-state index in [1.165, 1.54) is 12.3 Å². The van der Waals surface area contributed by atoms with Crippen LogP contribution in [0.4, 0.5) is 4.39 Å². The maximum absolute atomic E-state index is 13.5. The first-order valence-electron chi connectivity index (χ1n) is 7.14. The van der Waals surface area contributed by atoms with Crippen LogP contribution in [-0.2, 0) is 0 Å². The van der Waals surface area contributed by atoms with Crippen molar-refractivity contribution in [1.29, 1.82) is 0 Å². The molecule has 0 aliphatic carbocycles. The topological polar surface area (TPSA) is 34.2 Å². The maximum atomic E-state index is 13.5. The van der Waals surface area contributed by atoms with Crippen molar-refractivity contribution in [2.24, 2.45) is 0 Å². The van der Waals surface area contributed by atoms with Crippen molar-refractivity contribution < 1.29 is 9.13 Å². The Balaban J connectivity index is 2.37. The van der Waals surface area contributed by atoms with Gasteiger partial charge < -0.3 is 10.1 Å². The van der Waals surface area contributed by atoms with Crippen molar-refractivity contribution in [1.82, 2.24) is 10.3 Å². The molecule has 1 heterocycles. The molecule has 1 unspecified atom stereocenters. The second kappa shape index (κ2) is 7.18. The van der Waals surface area contributed by atoms with Gasteiger partial charge in [-0.05, 0) is 48.7 Å². The number of hydrogen-bond donors (Lipinski definition) is 1. The zero-order valence-electron chi connectivity index (χ0n) is 12.7. The number of methoxy groups -OCH3 is 1. The normalized spacial score (nSPS) is 12.2. The molecular formula is C17H21FN2O. The van der Waals surface area contributed by atoms with Crippen molar-refractivity contribution in [2.75, 3.05) is 13.7 Å². The number of halogens is 1. The molecule has 0 radical (unpaired) electrons. The first-order valence-corrected chi connectivity index (χ1v) is 7.14. The fourth-order valence-corrected chi connectivity index (χ4v) is 2.38. The second-order valence-corrected chi connectivity index (χ2v) is 5.05. The number of ether oxygens (including phenoxy) is 1. The summed E-state index contributed by atoms with van der Waals surface area (Å²) in [6, 6.07) is 7.47. The van der Waals surface area contributed by atoms with Gasteiger partial charge >= 0.3 is 0 Å². The maximum Gasteiger partial charge on any atom is 0.141 e. The van der Waals surface area contributed by atoms with Crippen LogP contribution in [0, 0.1) is 12.7 Å². The molecule has 1 aromatic carbocycles. The number of hydrogen-bond acceptors (Lipinski definition) is 3. The van der Waals surface area contributed by atoms with E-state index in [1.54, 1.807) is 13.3 Å². The van der Waals surface area contributed by atoms with Gasteiger partial charge in [-0.15, -0.1) is 0 Å². The van der Waals surface area contributed by atoms with Gasteiger partial charge in [0.2, 0.25) is 0 Å². The number of pyridine rings is 1. The van der Waals surface area contributed by atoms with Gasteiger partial charge in [-0.25, -0.2) is 4.39 Å². The summed E-state index contributed by atoms with van der Waals surface area (Å²) in [6.07, 6.45) is 3.93. The van der Waals surface area contributed by atoms with Crippen LogP contribution in [0.3, 0.4) is 0 Å². The summed E-state index contributed by atoms with van der Waals surface area (Å²) < 4.78 is 18.7. The summed E-state index contributed by atoms with van der Waals surface area (Å²) in [6.45, 7) is 4.96. The van der Waals surface area contributed by atoms with Gasteiger partial charge in [-0.3, -0.25) is 4.98 Å². The van der Waals surface area contributed by atoms with Gasteiger partial charge in [0, 0.05) is 6.20 Å². The molecule has 1 N–H and O–H groups in total. The van der Waals surface area contributed by atoms with Crippen molar-refractivity contribution in [3.8, 4) is 5.75 Å². The van der Waals surface area contributed by atoms with E-state index in [1.807, 2.05) is 19.1 Å². The van der Waals surface area contributed by atoms with Crippen molar-refractivity contribution >= 4 is 0 Å². The summed E-state index contributed by atoms with van der Waals surface area (Å²) in [7, 11) is 1.66. The molecule has 4 heteroatoms. The van der Waals surface area contributed by atoms with Crippen LogP contribution in [0.1, 0.15) is 36.1 Å². The van der Waals surface area contributed by atoms with Crippen molar-refractivity contribution in [2.45, 2.75) is 26.3 Å². The SMILES string of the molecule is CCCNC(c1cncc(F)c1)c1ccc(OC)c(C)c1. The summed E-state index contributed by atoms with van der Waals surface area (Å²) in [5.74, 6) is 0.534. The highest BCUT2D eigenvalue weighted by molar-refractivity contribution is 5.40. The number of nitrogens with one attached hydrogen (secondary N) is 1. The first-order chi connectivity index (χ1) is 10.2. The predicted molar refractivity (Wildman–Crippen MR) is 82.1 cm³/mol. The monoisotopic (exact) mass is 288 g/mol. The molecule has 0 saturated heterocycles. The number of benzene rings is 1. The lowest BCUT2D eigenvalue weighted by Crippen LogP contribution is -2.23. The Morgan fingerprint density at radius 1 is 1.24 bits per heavy atom. The first kappa shape index (κ1) is 15.4. The molecule has 0 aliphatic rings. The number of aryl methyl sites for hydroxylation is 1. The minimum absolute atomic E-state index is 0.0715. The van der Waals surface area contributed by atoms with E-state index in [-0.39, 0.29) is 11.9 Å². The summed E-state index contributed by atoms with van der Waals surface area (Å²) >= 11 is 0. The largest absolute Gasteiger partial charge is 0.496 e. The molecule has 0 saturated carbocycles. The van der Waals surface area contributed by atoms with E-state index in [2.05, 4.69) is 23.3 Å². The highest BCUT2D eigenvalue weighted by Gasteiger charge is 2.15. The molecule has 1 atom stereocenters. The van der Waals surface area contributed by atoms with Crippen LogP contribution in [0.25, 0.3) is 0 Å². The van der Waals surface area contributed by atoms with Gasteiger partial charge in [0.05, 0.1) is 19.3 Å².